The highest BCUT2D eigenvalue weighted by Crippen LogP contribution is 2.26. The van der Waals surface area contributed by atoms with Gasteiger partial charge in [0, 0.05) is 29.4 Å². The third kappa shape index (κ3) is 4.95. The Kier molecular flexibility index (Phi) is 5.87. The lowest BCUT2D eigenvalue weighted by Crippen LogP contribution is -2.16. The van der Waals surface area contributed by atoms with E-state index in [4.69, 9.17) is 4.74 Å². The minimum Gasteiger partial charge on any atom is -0.460 e. The van der Waals surface area contributed by atoms with Crippen LogP contribution in [0.2, 0.25) is 0 Å². The van der Waals surface area contributed by atoms with E-state index in [9.17, 15) is 14.9 Å². The molecule has 0 spiro atoms. The van der Waals surface area contributed by atoms with Crippen LogP contribution in [-0.2, 0) is 16.1 Å². The molecule has 8 heteroatoms. The molecule has 1 atom stereocenters. The monoisotopic (exact) mass is 383 g/mol. The van der Waals surface area contributed by atoms with E-state index in [2.05, 4.69) is 5.10 Å². The van der Waals surface area contributed by atoms with Crippen molar-refractivity contribution in [3.05, 3.63) is 82.7 Å². The lowest BCUT2D eigenvalue weighted by molar-refractivity contribution is -0.384. The second-order valence-electron chi connectivity index (χ2n) is 5.74. The van der Waals surface area contributed by atoms with Crippen molar-refractivity contribution in [1.29, 1.82) is 0 Å². The number of carbonyl (C=O) groups excluding carboxylic acids is 1. The van der Waals surface area contributed by atoms with E-state index in [1.165, 1.54) is 23.9 Å². The molecule has 7 nitrogen and oxygen atoms in total. The van der Waals surface area contributed by atoms with E-state index in [1.54, 1.807) is 29.9 Å². The number of nitro benzene ring substituents is 1. The summed E-state index contributed by atoms with van der Waals surface area (Å²) in [5.41, 5.74) is 1.83. The Labute approximate surface area is 160 Å². The summed E-state index contributed by atoms with van der Waals surface area (Å²) in [6, 6.07) is 15.5. The highest BCUT2D eigenvalue weighted by Gasteiger charge is 2.17. The normalized spacial score (nSPS) is 11.7. The van der Waals surface area contributed by atoms with Gasteiger partial charge >= 0.3 is 5.97 Å². The number of hydrogen-bond acceptors (Lipinski definition) is 6. The molecule has 0 radical (unpaired) electrons. The van der Waals surface area contributed by atoms with Crippen LogP contribution in [0.1, 0.15) is 12.5 Å². The first-order valence-electron chi connectivity index (χ1n) is 8.19. The van der Waals surface area contributed by atoms with Gasteiger partial charge in [-0.15, -0.1) is 11.8 Å². The topological polar surface area (TPSA) is 87.3 Å². The summed E-state index contributed by atoms with van der Waals surface area (Å²) in [4.78, 5) is 23.2. The number of ether oxygens (including phenoxy) is 1. The van der Waals surface area contributed by atoms with Gasteiger partial charge in [-0.1, -0.05) is 12.1 Å². The molecule has 0 saturated carbocycles. The summed E-state index contributed by atoms with van der Waals surface area (Å²) in [6.07, 6.45) is 3.56. The highest BCUT2D eigenvalue weighted by molar-refractivity contribution is 8.00. The van der Waals surface area contributed by atoms with Gasteiger partial charge in [0.2, 0.25) is 0 Å². The molecule has 1 heterocycles. The molecule has 27 heavy (non-hydrogen) atoms. The molecular formula is C19H17N3O4S. The Morgan fingerprint density at radius 2 is 1.93 bits per heavy atom. The van der Waals surface area contributed by atoms with Gasteiger partial charge in [0.25, 0.3) is 5.69 Å². The maximum Gasteiger partial charge on any atom is 0.319 e. The van der Waals surface area contributed by atoms with Crippen LogP contribution in [-0.4, -0.2) is 25.9 Å². The second kappa shape index (κ2) is 8.50. The van der Waals surface area contributed by atoms with Crippen LogP contribution in [0.4, 0.5) is 5.69 Å². The molecule has 0 saturated heterocycles. The molecule has 0 aliphatic heterocycles. The Morgan fingerprint density at radius 1 is 1.22 bits per heavy atom. The SMILES string of the molecule is CC(Sc1ccc([N+](=O)[O-])cc1)C(=O)OCc1ccc(-n2cccn2)cc1. The summed E-state index contributed by atoms with van der Waals surface area (Å²) in [6.45, 7) is 1.93. The molecule has 0 aliphatic rings. The van der Waals surface area contributed by atoms with Gasteiger partial charge in [0.15, 0.2) is 0 Å². The van der Waals surface area contributed by atoms with E-state index < -0.39 is 10.2 Å². The zero-order valence-corrected chi connectivity index (χ0v) is 15.3. The first kappa shape index (κ1) is 18.7. The summed E-state index contributed by atoms with van der Waals surface area (Å²) < 4.78 is 7.11. The first-order valence-corrected chi connectivity index (χ1v) is 9.07. The number of thioether (sulfide) groups is 1. The molecule has 0 N–H and O–H groups in total. The van der Waals surface area contributed by atoms with E-state index in [0.29, 0.717) is 0 Å². The molecule has 3 aromatic rings. The second-order valence-corrected chi connectivity index (χ2v) is 7.15. The van der Waals surface area contributed by atoms with E-state index >= 15 is 0 Å². The van der Waals surface area contributed by atoms with Gasteiger partial charge in [0.05, 0.1) is 10.6 Å². The van der Waals surface area contributed by atoms with Gasteiger partial charge in [-0.3, -0.25) is 14.9 Å². The quantitative estimate of drug-likeness (QED) is 0.265. The van der Waals surface area contributed by atoms with Crippen molar-refractivity contribution < 1.29 is 14.5 Å². The predicted octanol–water partition coefficient (Wildman–Crippen LogP) is 4.00. The molecule has 3 rings (SSSR count). The fourth-order valence-corrected chi connectivity index (χ4v) is 3.20. The van der Waals surface area contributed by atoms with Crippen molar-refractivity contribution in [2.24, 2.45) is 0 Å². The maximum atomic E-state index is 12.2. The van der Waals surface area contributed by atoms with Crippen LogP contribution < -0.4 is 0 Å². The number of nitro groups is 1. The zero-order valence-electron chi connectivity index (χ0n) is 14.5. The van der Waals surface area contributed by atoms with Crippen molar-refractivity contribution in [2.75, 3.05) is 0 Å². The number of carbonyl (C=O) groups is 1. The standard InChI is InChI=1S/C19H17N3O4S/c1-14(27-18-9-7-17(8-10-18)22(24)25)19(23)26-13-15-3-5-16(6-4-15)21-12-2-11-20-21/h2-12,14H,13H2,1H3. The Bertz CT molecular complexity index is 909. The summed E-state index contributed by atoms with van der Waals surface area (Å²) in [7, 11) is 0. The Balaban J connectivity index is 1.51. The number of benzene rings is 2. The number of non-ortho nitro benzene ring substituents is 1. The average Bonchev–Trinajstić information content (AvgIpc) is 3.21. The Morgan fingerprint density at radius 3 is 2.52 bits per heavy atom. The Hall–Kier alpha value is -3.13. The number of nitrogens with zero attached hydrogens (tertiary/aromatic N) is 3. The van der Waals surface area contributed by atoms with E-state index in [-0.39, 0.29) is 18.3 Å². The summed E-state index contributed by atoms with van der Waals surface area (Å²) in [5, 5.41) is 14.4. The van der Waals surface area contributed by atoms with Crippen LogP contribution in [0, 0.1) is 10.1 Å². The maximum absolute atomic E-state index is 12.2. The molecule has 0 fully saturated rings. The van der Waals surface area contributed by atoms with Crippen LogP contribution in [0.5, 0.6) is 0 Å². The molecule has 0 aliphatic carbocycles. The lowest BCUT2D eigenvalue weighted by Gasteiger charge is -2.11. The lowest BCUT2D eigenvalue weighted by atomic mass is 10.2. The number of rotatable bonds is 7. The fraction of sp³-hybridized carbons (Fsp3) is 0.158. The molecule has 138 valence electrons. The third-order valence-corrected chi connectivity index (χ3v) is 4.87. The third-order valence-electron chi connectivity index (χ3n) is 3.78. The highest BCUT2D eigenvalue weighted by atomic mass is 32.2. The fourth-order valence-electron chi connectivity index (χ4n) is 2.34. The minimum atomic E-state index is -0.455. The molecule has 1 aromatic heterocycles. The number of aromatic nitrogens is 2. The molecular weight excluding hydrogens is 366 g/mol. The van der Waals surface area contributed by atoms with Crippen LogP contribution in [0.15, 0.2) is 71.9 Å². The van der Waals surface area contributed by atoms with Gasteiger partial charge in [-0.2, -0.15) is 5.10 Å². The van der Waals surface area contributed by atoms with Crippen LogP contribution >= 0.6 is 11.8 Å². The smallest absolute Gasteiger partial charge is 0.319 e. The van der Waals surface area contributed by atoms with E-state index in [1.807, 2.05) is 36.5 Å². The van der Waals surface area contributed by atoms with Gasteiger partial charge in [0.1, 0.15) is 11.9 Å². The minimum absolute atomic E-state index is 0.0214. The first-order chi connectivity index (χ1) is 13.0. The number of hydrogen-bond donors (Lipinski definition) is 0. The van der Waals surface area contributed by atoms with Gasteiger partial charge in [-0.05, 0) is 42.8 Å². The van der Waals surface area contributed by atoms with Crippen molar-refractivity contribution >= 4 is 23.4 Å². The molecule has 1 unspecified atom stereocenters. The molecule has 2 aromatic carbocycles. The van der Waals surface area contributed by atoms with Crippen molar-refractivity contribution in [3.63, 3.8) is 0 Å². The van der Waals surface area contributed by atoms with Crippen molar-refractivity contribution in [3.8, 4) is 5.69 Å². The molecule has 0 bridgehead atoms. The zero-order chi connectivity index (χ0) is 19.2. The largest absolute Gasteiger partial charge is 0.460 e. The summed E-state index contributed by atoms with van der Waals surface area (Å²) in [5.74, 6) is -0.338. The van der Waals surface area contributed by atoms with Gasteiger partial charge < -0.3 is 4.74 Å². The van der Waals surface area contributed by atoms with Crippen molar-refractivity contribution in [2.45, 2.75) is 23.7 Å². The number of esters is 1. The van der Waals surface area contributed by atoms with Crippen molar-refractivity contribution in [1.82, 2.24) is 9.78 Å². The summed E-state index contributed by atoms with van der Waals surface area (Å²) >= 11 is 1.30. The van der Waals surface area contributed by atoms with E-state index in [0.717, 1.165) is 16.1 Å². The molecule has 0 amide bonds. The van der Waals surface area contributed by atoms with Crippen LogP contribution in [0.25, 0.3) is 5.69 Å². The average molecular weight is 383 g/mol. The predicted molar refractivity (Wildman–Crippen MR) is 102 cm³/mol. The van der Waals surface area contributed by atoms with Crippen LogP contribution in [0.3, 0.4) is 0 Å². The van der Waals surface area contributed by atoms with Gasteiger partial charge in [-0.25, -0.2) is 4.68 Å².